The number of carboxylic acids is 2. The van der Waals surface area contributed by atoms with Gasteiger partial charge in [-0.2, -0.15) is 0 Å². The standard InChI is InChI=1S/C33H30N2O9/c1-32(2,3)43-30(40)17-4-7-22-25(10-17)33(44-31(22)41)23-8-5-20(34-13-18(14-34)28(36)37)11-26(23)42-27-12-21(6-9-24(27)33)35-15-19(16-35)29(38)39/h4-12,18-19H,13-16H2,1-3H3,(H,36,37)(H,38,39). The first-order valence-corrected chi connectivity index (χ1v) is 14.4. The molecule has 0 radical (unpaired) electrons. The molecule has 4 aliphatic heterocycles. The molecule has 0 saturated carbocycles. The zero-order chi connectivity index (χ0) is 31.1. The van der Waals surface area contributed by atoms with Crippen LogP contribution in [-0.2, 0) is 24.7 Å². The fourth-order valence-corrected chi connectivity index (χ4v) is 6.25. The van der Waals surface area contributed by atoms with E-state index >= 15 is 0 Å². The fourth-order valence-electron chi connectivity index (χ4n) is 6.25. The Morgan fingerprint density at radius 3 is 1.80 bits per heavy atom. The summed E-state index contributed by atoms with van der Waals surface area (Å²) >= 11 is 0. The van der Waals surface area contributed by atoms with E-state index in [1.807, 2.05) is 34.1 Å². The molecule has 0 atom stereocenters. The zero-order valence-electron chi connectivity index (χ0n) is 24.3. The molecule has 11 nitrogen and oxygen atoms in total. The average Bonchev–Trinajstić information content (AvgIpc) is 3.17. The largest absolute Gasteiger partial charge is 0.481 e. The van der Waals surface area contributed by atoms with Crippen molar-refractivity contribution in [2.75, 3.05) is 36.0 Å². The predicted molar refractivity (Wildman–Crippen MR) is 157 cm³/mol. The summed E-state index contributed by atoms with van der Waals surface area (Å²) in [4.78, 5) is 53.2. The topological polar surface area (TPSA) is 143 Å². The van der Waals surface area contributed by atoms with Gasteiger partial charge in [-0.25, -0.2) is 9.59 Å². The number of aliphatic carboxylic acids is 2. The lowest BCUT2D eigenvalue weighted by Gasteiger charge is -2.42. The Bertz CT molecular complexity index is 1680. The molecule has 0 unspecified atom stereocenters. The highest BCUT2D eigenvalue weighted by Crippen LogP contribution is 2.57. The summed E-state index contributed by atoms with van der Waals surface area (Å²) in [6, 6.07) is 15.7. The number of benzene rings is 3. The van der Waals surface area contributed by atoms with Gasteiger partial charge in [-0.15, -0.1) is 0 Å². The molecule has 226 valence electrons. The van der Waals surface area contributed by atoms with E-state index in [1.54, 1.807) is 51.1 Å². The molecule has 3 aromatic carbocycles. The maximum Gasteiger partial charge on any atom is 0.340 e. The number of carboxylic acid groups (broad SMARTS) is 2. The molecular weight excluding hydrogens is 568 g/mol. The van der Waals surface area contributed by atoms with Gasteiger partial charge in [-0.1, -0.05) is 0 Å². The van der Waals surface area contributed by atoms with Crippen LogP contribution in [0.1, 0.15) is 58.2 Å². The van der Waals surface area contributed by atoms with Crippen molar-refractivity contribution < 1.29 is 43.6 Å². The molecule has 0 aliphatic carbocycles. The van der Waals surface area contributed by atoms with E-state index < -0.39 is 46.9 Å². The minimum absolute atomic E-state index is 0.264. The van der Waals surface area contributed by atoms with Gasteiger partial charge in [-0.05, 0) is 63.2 Å². The number of fused-ring (bicyclic) bond motifs is 6. The van der Waals surface area contributed by atoms with Gasteiger partial charge in [0.1, 0.15) is 17.1 Å². The molecule has 2 N–H and O–H groups in total. The third-order valence-electron chi connectivity index (χ3n) is 8.60. The first-order valence-electron chi connectivity index (χ1n) is 14.4. The van der Waals surface area contributed by atoms with E-state index in [1.165, 1.54) is 0 Å². The van der Waals surface area contributed by atoms with Gasteiger partial charge in [0.05, 0.1) is 23.0 Å². The molecule has 3 aromatic rings. The van der Waals surface area contributed by atoms with Crippen LogP contribution in [0.15, 0.2) is 54.6 Å². The smallest absolute Gasteiger partial charge is 0.340 e. The molecular formula is C33H30N2O9. The molecule has 0 bridgehead atoms. The lowest BCUT2D eigenvalue weighted by atomic mass is 9.77. The number of carbonyl (C=O) groups excluding carboxylic acids is 2. The summed E-state index contributed by atoms with van der Waals surface area (Å²) in [5, 5.41) is 18.7. The van der Waals surface area contributed by atoms with Crippen molar-refractivity contribution in [1.29, 1.82) is 0 Å². The fraction of sp³-hybridized carbons (Fsp3) is 0.333. The summed E-state index contributed by atoms with van der Waals surface area (Å²) in [7, 11) is 0. The number of hydrogen-bond donors (Lipinski definition) is 2. The molecule has 2 saturated heterocycles. The average molecular weight is 599 g/mol. The van der Waals surface area contributed by atoms with Crippen LogP contribution in [0.5, 0.6) is 11.5 Å². The summed E-state index contributed by atoms with van der Waals surface area (Å²) in [5.41, 5.74) is 1.51. The lowest BCUT2D eigenvalue weighted by molar-refractivity contribution is -0.143. The maximum absolute atomic E-state index is 13.4. The van der Waals surface area contributed by atoms with E-state index in [2.05, 4.69) is 0 Å². The molecule has 4 heterocycles. The first kappa shape index (κ1) is 27.8. The van der Waals surface area contributed by atoms with Crippen molar-refractivity contribution in [1.82, 2.24) is 0 Å². The number of esters is 2. The molecule has 44 heavy (non-hydrogen) atoms. The van der Waals surface area contributed by atoms with Crippen LogP contribution in [0, 0.1) is 11.8 Å². The van der Waals surface area contributed by atoms with E-state index in [9.17, 15) is 29.4 Å². The second-order valence-corrected chi connectivity index (χ2v) is 12.7. The number of nitrogens with zero attached hydrogens (tertiary/aromatic N) is 2. The summed E-state index contributed by atoms with van der Waals surface area (Å²) in [6.45, 7) is 6.77. The number of hydrogen-bond acceptors (Lipinski definition) is 9. The van der Waals surface area contributed by atoms with Crippen LogP contribution in [0.2, 0.25) is 0 Å². The van der Waals surface area contributed by atoms with Gasteiger partial charge >= 0.3 is 23.9 Å². The Balaban J connectivity index is 1.35. The highest BCUT2D eigenvalue weighted by atomic mass is 16.6. The second kappa shape index (κ2) is 9.47. The summed E-state index contributed by atoms with van der Waals surface area (Å²) in [5.74, 6) is -2.86. The first-order chi connectivity index (χ1) is 20.8. The van der Waals surface area contributed by atoms with E-state index in [0.29, 0.717) is 59.9 Å². The van der Waals surface area contributed by atoms with Gasteiger partial charge < -0.3 is 34.2 Å². The van der Waals surface area contributed by atoms with E-state index in [4.69, 9.17) is 14.2 Å². The van der Waals surface area contributed by atoms with Crippen molar-refractivity contribution in [2.45, 2.75) is 32.0 Å². The van der Waals surface area contributed by atoms with E-state index in [0.717, 1.165) is 11.4 Å². The van der Waals surface area contributed by atoms with Crippen LogP contribution in [0.25, 0.3) is 0 Å². The molecule has 11 heteroatoms. The van der Waals surface area contributed by atoms with Crippen molar-refractivity contribution in [3.05, 3.63) is 82.4 Å². The van der Waals surface area contributed by atoms with Crippen molar-refractivity contribution >= 4 is 35.3 Å². The normalized spacial score (nSPS) is 18.3. The van der Waals surface area contributed by atoms with Crippen molar-refractivity contribution in [3.63, 3.8) is 0 Å². The summed E-state index contributed by atoms with van der Waals surface area (Å²) in [6.07, 6.45) is 0. The minimum Gasteiger partial charge on any atom is -0.481 e. The zero-order valence-corrected chi connectivity index (χ0v) is 24.3. The Morgan fingerprint density at radius 1 is 0.795 bits per heavy atom. The minimum atomic E-state index is -1.44. The quantitative estimate of drug-likeness (QED) is 0.407. The van der Waals surface area contributed by atoms with Crippen LogP contribution in [0.4, 0.5) is 11.4 Å². The molecule has 1 spiro atoms. The van der Waals surface area contributed by atoms with Crippen LogP contribution in [-0.4, -0.2) is 65.9 Å². The monoisotopic (exact) mass is 598 g/mol. The van der Waals surface area contributed by atoms with Crippen LogP contribution in [0.3, 0.4) is 0 Å². The number of ether oxygens (including phenoxy) is 3. The van der Waals surface area contributed by atoms with Gasteiger partial charge in [0, 0.05) is 66.4 Å². The van der Waals surface area contributed by atoms with Crippen LogP contribution < -0.4 is 14.5 Å². The third-order valence-corrected chi connectivity index (χ3v) is 8.60. The Hall–Kier alpha value is -5.06. The Morgan fingerprint density at radius 2 is 1.32 bits per heavy atom. The molecule has 7 rings (SSSR count). The highest BCUT2D eigenvalue weighted by Gasteiger charge is 2.54. The predicted octanol–water partition coefficient (Wildman–Crippen LogP) is 4.25. The number of anilines is 2. The Labute approximate surface area is 252 Å². The summed E-state index contributed by atoms with van der Waals surface area (Å²) < 4.78 is 18.3. The van der Waals surface area contributed by atoms with Crippen molar-refractivity contribution in [3.8, 4) is 11.5 Å². The molecule has 0 amide bonds. The third kappa shape index (κ3) is 4.25. The second-order valence-electron chi connectivity index (χ2n) is 12.7. The SMILES string of the molecule is CC(C)(C)OC(=O)c1ccc2c(c1)C1(OC2=O)c2ccc(N3CC(C(=O)O)C3)cc2Oc2cc(N3CC(C(=O)O)C3)ccc21. The Kier molecular flexibility index (Phi) is 5.97. The number of rotatable bonds is 5. The molecule has 4 aliphatic rings. The van der Waals surface area contributed by atoms with Crippen LogP contribution >= 0.6 is 0 Å². The number of carbonyl (C=O) groups is 4. The van der Waals surface area contributed by atoms with Gasteiger partial charge in [0.15, 0.2) is 5.60 Å². The van der Waals surface area contributed by atoms with Gasteiger partial charge in [0.25, 0.3) is 0 Å². The van der Waals surface area contributed by atoms with Crippen molar-refractivity contribution in [2.24, 2.45) is 11.8 Å². The van der Waals surface area contributed by atoms with Gasteiger partial charge in [-0.3, -0.25) is 9.59 Å². The van der Waals surface area contributed by atoms with E-state index in [-0.39, 0.29) is 5.56 Å². The highest BCUT2D eigenvalue weighted by molar-refractivity contribution is 5.99. The van der Waals surface area contributed by atoms with Gasteiger partial charge in [0.2, 0.25) is 0 Å². The maximum atomic E-state index is 13.4. The molecule has 2 fully saturated rings. The lowest BCUT2D eigenvalue weighted by Crippen LogP contribution is -2.50. The molecule has 0 aromatic heterocycles.